The number of halogens is 2. The van der Waals surface area contributed by atoms with Gasteiger partial charge in [-0.15, -0.1) is 12.4 Å². The van der Waals surface area contributed by atoms with E-state index in [-0.39, 0.29) is 24.6 Å². The van der Waals surface area contributed by atoms with Crippen LogP contribution in [0.25, 0.3) is 11.3 Å². The average molecular weight is 619 g/mol. The number of esters is 1. The van der Waals surface area contributed by atoms with Gasteiger partial charge in [-0.1, -0.05) is 36.6 Å². The Kier molecular flexibility index (Phi) is 10.2. The molecule has 2 aromatic carbocycles. The van der Waals surface area contributed by atoms with E-state index >= 15 is 0 Å². The molecule has 3 atom stereocenters. The second-order valence-electron chi connectivity index (χ2n) is 9.99. The molecule has 224 valence electrons. The van der Waals surface area contributed by atoms with Gasteiger partial charge in [0.25, 0.3) is 0 Å². The van der Waals surface area contributed by atoms with Crippen molar-refractivity contribution in [3.05, 3.63) is 65.1 Å². The minimum Gasteiger partial charge on any atom is -0.467 e. The van der Waals surface area contributed by atoms with Crippen LogP contribution in [0, 0.1) is 0 Å². The molecule has 11 nitrogen and oxygen atoms in total. The van der Waals surface area contributed by atoms with Crippen LogP contribution in [0.4, 0.5) is 21.0 Å². The molecule has 2 aliphatic heterocycles. The maximum absolute atomic E-state index is 13.3. The Balaban J connectivity index is 0.00000405. The minimum atomic E-state index is -0.620. The lowest BCUT2D eigenvalue weighted by atomic mass is 10.00. The summed E-state index contributed by atoms with van der Waals surface area (Å²) in [6, 6.07) is 11.7. The van der Waals surface area contributed by atoms with Gasteiger partial charge in [0, 0.05) is 34.9 Å². The summed E-state index contributed by atoms with van der Waals surface area (Å²) in [4.78, 5) is 47.6. The van der Waals surface area contributed by atoms with Crippen LogP contribution in [-0.4, -0.2) is 59.8 Å². The summed E-state index contributed by atoms with van der Waals surface area (Å²) >= 11 is 6.16. The van der Waals surface area contributed by atoms with Crippen molar-refractivity contribution in [1.29, 1.82) is 0 Å². The number of H-pyrrole nitrogens is 1. The van der Waals surface area contributed by atoms with Gasteiger partial charge < -0.3 is 24.5 Å². The third-order valence-corrected chi connectivity index (χ3v) is 7.63. The zero-order valence-electron chi connectivity index (χ0n) is 23.2. The van der Waals surface area contributed by atoms with Crippen LogP contribution in [-0.2, 0) is 19.0 Å². The molecule has 0 aliphatic carbocycles. The van der Waals surface area contributed by atoms with Gasteiger partial charge in [0.15, 0.2) is 0 Å². The van der Waals surface area contributed by atoms with Crippen LogP contribution < -0.4 is 10.6 Å². The Hall–Kier alpha value is -3.96. The summed E-state index contributed by atoms with van der Waals surface area (Å²) < 4.78 is 15.6. The molecule has 2 amide bonds. The van der Waals surface area contributed by atoms with Crippen molar-refractivity contribution in [2.24, 2.45) is 0 Å². The second-order valence-corrected chi connectivity index (χ2v) is 10.4. The number of imidazole rings is 1. The van der Waals surface area contributed by atoms with Gasteiger partial charge >= 0.3 is 18.2 Å². The van der Waals surface area contributed by atoms with Gasteiger partial charge in [0.1, 0.15) is 18.0 Å². The predicted octanol–water partition coefficient (Wildman–Crippen LogP) is 6.48. The molecule has 5 rings (SSSR count). The van der Waals surface area contributed by atoms with Crippen LogP contribution in [0.3, 0.4) is 0 Å². The van der Waals surface area contributed by atoms with E-state index in [0.29, 0.717) is 60.1 Å². The number of aromatic amines is 1. The number of carbonyl (C=O) groups excluding carboxylic acids is 3. The number of cyclic esters (lactones) is 1. The number of hydrogen-bond acceptors (Lipinski definition) is 8. The first-order valence-electron chi connectivity index (χ1n) is 13.5. The predicted molar refractivity (Wildman–Crippen MR) is 160 cm³/mol. The number of aromatic nitrogens is 2. The summed E-state index contributed by atoms with van der Waals surface area (Å²) in [5.74, 6) is 0.249. The van der Waals surface area contributed by atoms with Crippen molar-refractivity contribution in [3.63, 3.8) is 0 Å². The highest BCUT2D eigenvalue weighted by Crippen LogP contribution is 2.37. The van der Waals surface area contributed by atoms with Crippen LogP contribution in [0.2, 0.25) is 5.02 Å². The summed E-state index contributed by atoms with van der Waals surface area (Å²) in [5, 5.41) is 6.54. The minimum absolute atomic E-state index is 0. The van der Waals surface area contributed by atoms with E-state index in [9.17, 15) is 14.4 Å². The van der Waals surface area contributed by atoms with Gasteiger partial charge in [-0.05, 0) is 48.7 Å². The van der Waals surface area contributed by atoms with Gasteiger partial charge in [0.05, 0.1) is 32.2 Å². The molecule has 0 radical (unpaired) electrons. The van der Waals surface area contributed by atoms with E-state index in [1.54, 1.807) is 29.3 Å². The third kappa shape index (κ3) is 6.91. The quantitative estimate of drug-likeness (QED) is 0.223. The topological polar surface area (TPSA) is 135 Å². The Bertz CT molecular complexity index is 1430. The van der Waals surface area contributed by atoms with E-state index in [1.807, 2.05) is 24.3 Å². The van der Waals surface area contributed by atoms with E-state index in [2.05, 4.69) is 20.6 Å². The van der Waals surface area contributed by atoms with Crippen LogP contribution in [0.5, 0.6) is 0 Å². The molecule has 2 bridgehead atoms. The number of hydrogen-bond donors (Lipinski definition) is 3. The standard InChI is InChI=1S/C29H32ClN5O6.ClH/c1-39-27(36)21-8-3-4-9-24(35-13-12-25(41-29(35)38)17-6-5-7-18(30)14-17)26-31-16-23(34-26)20-11-10-19(15-22(20)33-21)32-28(37)40-2;/h5-7,10-11,14-16,21,24-25,33H,3-4,8-9,12-13H2,1-2H3,(H,31,34)(H,32,37);1H/t21-,24+,25?;/m1./s1. The van der Waals surface area contributed by atoms with Crippen molar-refractivity contribution < 1.29 is 28.6 Å². The molecule has 13 heteroatoms. The lowest BCUT2D eigenvalue weighted by molar-refractivity contribution is -0.141. The second kappa shape index (κ2) is 13.8. The van der Waals surface area contributed by atoms with Crippen LogP contribution >= 0.6 is 24.0 Å². The number of methoxy groups -OCH3 is 2. The highest BCUT2D eigenvalue weighted by molar-refractivity contribution is 6.30. The number of ether oxygens (including phenoxy) is 3. The van der Waals surface area contributed by atoms with Crippen molar-refractivity contribution in [3.8, 4) is 11.3 Å². The van der Waals surface area contributed by atoms with Crippen molar-refractivity contribution in [2.75, 3.05) is 31.4 Å². The molecule has 0 saturated carbocycles. The number of amides is 2. The van der Waals surface area contributed by atoms with Gasteiger partial charge in [-0.3, -0.25) is 10.2 Å². The fourth-order valence-corrected chi connectivity index (χ4v) is 5.51. The van der Waals surface area contributed by atoms with E-state index < -0.39 is 24.2 Å². The maximum atomic E-state index is 13.3. The largest absolute Gasteiger partial charge is 0.467 e. The maximum Gasteiger partial charge on any atom is 0.411 e. The van der Waals surface area contributed by atoms with Crippen LogP contribution in [0.1, 0.15) is 55.6 Å². The zero-order valence-corrected chi connectivity index (χ0v) is 24.8. The zero-order chi connectivity index (χ0) is 28.9. The molecule has 1 fully saturated rings. The highest BCUT2D eigenvalue weighted by atomic mass is 35.5. The molecule has 2 aliphatic rings. The summed E-state index contributed by atoms with van der Waals surface area (Å²) in [6.45, 7) is 0.488. The average Bonchev–Trinajstić information content (AvgIpc) is 3.46. The molecule has 0 spiro atoms. The first-order chi connectivity index (χ1) is 19.9. The molecule has 1 aromatic heterocycles. The summed E-state index contributed by atoms with van der Waals surface area (Å²) in [7, 11) is 2.64. The number of anilines is 2. The monoisotopic (exact) mass is 617 g/mol. The fraction of sp³-hybridized carbons (Fsp3) is 0.379. The van der Waals surface area contributed by atoms with E-state index in [1.165, 1.54) is 14.2 Å². The number of nitrogens with zero attached hydrogens (tertiary/aromatic N) is 2. The Morgan fingerprint density at radius 1 is 1.10 bits per heavy atom. The Labute approximate surface area is 254 Å². The number of fused-ring (bicyclic) bond motifs is 4. The summed E-state index contributed by atoms with van der Waals surface area (Å²) in [5.41, 5.74) is 3.37. The SMILES string of the molecule is COC(=O)Nc1ccc2c(c1)N[C@@H](C(=O)OC)CCCC[C@H](N1CCC(c3cccc(Cl)c3)OC1=O)c1ncc-2[nH]1.Cl. The van der Waals surface area contributed by atoms with Gasteiger partial charge in [0.2, 0.25) is 0 Å². The third-order valence-electron chi connectivity index (χ3n) is 7.39. The first kappa shape index (κ1) is 31.0. The summed E-state index contributed by atoms with van der Waals surface area (Å²) in [6.07, 6.45) is 3.48. The number of benzene rings is 2. The number of rotatable bonds is 4. The number of nitrogens with one attached hydrogen (secondary N) is 3. The molecular formula is C29H33Cl2N5O6. The van der Waals surface area contributed by atoms with Gasteiger partial charge in [-0.2, -0.15) is 0 Å². The highest BCUT2D eigenvalue weighted by Gasteiger charge is 2.35. The van der Waals surface area contributed by atoms with E-state index in [4.69, 9.17) is 25.8 Å². The smallest absolute Gasteiger partial charge is 0.411 e. The first-order valence-corrected chi connectivity index (χ1v) is 13.9. The Morgan fingerprint density at radius 2 is 1.90 bits per heavy atom. The number of carbonyl (C=O) groups is 3. The molecule has 3 aromatic rings. The van der Waals surface area contributed by atoms with Crippen molar-refractivity contribution >= 4 is 53.5 Å². The molecule has 1 saturated heterocycles. The molecule has 3 N–H and O–H groups in total. The normalized spacial score (nSPS) is 20.3. The molecule has 3 heterocycles. The van der Waals surface area contributed by atoms with Crippen LogP contribution in [0.15, 0.2) is 48.7 Å². The molecule has 1 unspecified atom stereocenters. The lowest BCUT2D eigenvalue weighted by Crippen LogP contribution is -2.42. The molecular weight excluding hydrogens is 585 g/mol. The molecule has 42 heavy (non-hydrogen) atoms. The van der Waals surface area contributed by atoms with E-state index in [0.717, 1.165) is 17.5 Å². The van der Waals surface area contributed by atoms with Gasteiger partial charge in [-0.25, -0.2) is 19.4 Å². The fourth-order valence-electron chi connectivity index (χ4n) is 5.31. The van der Waals surface area contributed by atoms with Crippen molar-refractivity contribution in [1.82, 2.24) is 14.9 Å². The van der Waals surface area contributed by atoms with Crippen molar-refractivity contribution in [2.45, 2.75) is 50.3 Å². The Morgan fingerprint density at radius 3 is 2.64 bits per heavy atom. The lowest BCUT2D eigenvalue weighted by Gasteiger charge is -2.36.